The van der Waals surface area contributed by atoms with Gasteiger partial charge < -0.3 is 20.9 Å². The molecule has 9 nitrogen and oxygen atoms in total. The maximum atomic E-state index is 6.29. The molecule has 1 unspecified atom stereocenters. The molecule has 1 atom stereocenters. The average Bonchev–Trinajstić information content (AvgIpc) is 3.22. The monoisotopic (exact) mass is 501 g/mol. The van der Waals surface area contributed by atoms with Crippen LogP contribution in [0.2, 0.25) is 5.11 Å². The number of rotatable bonds is 10. The Labute approximate surface area is 224 Å². The maximum absolute atomic E-state index is 6.29. The molecule has 4 rings (SSSR count). The number of piperidine rings is 1. The van der Waals surface area contributed by atoms with E-state index in [2.05, 4.69) is 82.6 Å². The summed E-state index contributed by atoms with van der Waals surface area (Å²) in [4.78, 5) is 18.6. The first-order valence-electron chi connectivity index (χ1n) is 13.7. The molecule has 12 heteroatoms. The number of nitrogen functional groups attached to an aromatic ring is 1. The normalized spacial score (nSPS) is 16.0. The Hall–Kier alpha value is -2.75. The highest BCUT2D eigenvalue weighted by Gasteiger charge is 2.25. The second-order valence-corrected chi connectivity index (χ2v) is 12.0. The number of fused-ring (bicyclic) bond motifs is 1. The van der Waals surface area contributed by atoms with Crippen LogP contribution in [-0.2, 0) is 6.42 Å². The molecule has 0 saturated carbocycles. The first-order valence-corrected chi connectivity index (χ1v) is 13.7. The van der Waals surface area contributed by atoms with Gasteiger partial charge in [0.25, 0.3) is 0 Å². The minimum atomic E-state index is 0.0768. The summed E-state index contributed by atoms with van der Waals surface area (Å²) in [5.74, 6) is 2.80. The summed E-state index contributed by atoms with van der Waals surface area (Å²) >= 11 is 0. The van der Waals surface area contributed by atoms with Crippen LogP contribution in [0.25, 0.3) is 5.65 Å². The van der Waals surface area contributed by atoms with Crippen molar-refractivity contribution in [3.05, 3.63) is 35.3 Å². The molecular formula is C25H42B3N9. The molecule has 196 valence electrons. The zero-order valence-corrected chi connectivity index (χ0v) is 23.8. The van der Waals surface area contributed by atoms with Crippen LogP contribution in [-0.4, -0.2) is 92.8 Å². The lowest BCUT2D eigenvalue weighted by Crippen LogP contribution is -2.37. The van der Waals surface area contributed by atoms with Crippen molar-refractivity contribution in [2.24, 2.45) is 5.92 Å². The summed E-state index contributed by atoms with van der Waals surface area (Å²) in [6, 6.07) is 2.49. The molecule has 0 aliphatic carbocycles. The van der Waals surface area contributed by atoms with Gasteiger partial charge in [0.05, 0.1) is 35.4 Å². The van der Waals surface area contributed by atoms with Crippen LogP contribution >= 0.6 is 0 Å². The SMILES string of the molecule is BC(B)(B)C(CCC)Nc1nc(N)c2ncc(Cc3cnc(N4CCC(CN(C)C)CC4)c(C)c3)n2n1. The molecule has 0 aromatic carbocycles. The first-order chi connectivity index (χ1) is 17.5. The van der Waals surface area contributed by atoms with Crippen LogP contribution in [0.3, 0.4) is 0 Å². The van der Waals surface area contributed by atoms with Crippen LogP contribution in [0, 0.1) is 12.8 Å². The molecule has 4 heterocycles. The van der Waals surface area contributed by atoms with Crippen molar-refractivity contribution in [1.29, 1.82) is 0 Å². The third kappa shape index (κ3) is 6.58. The van der Waals surface area contributed by atoms with E-state index in [-0.39, 0.29) is 11.2 Å². The quantitative estimate of drug-likeness (QED) is 0.384. The minimum absolute atomic E-state index is 0.0768. The van der Waals surface area contributed by atoms with Gasteiger partial charge in [-0.3, -0.25) is 0 Å². The number of nitrogens with one attached hydrogen (secondary N) is 1. The molecule has 0 spiro atoms. The summed E-state index contributed by atoms with van der Waals surface area (Å²) < 4.78 is 1.83. The molecule has 1 aliphatic heterocycles. The zero-order chi connectivity index (χ0) is 26.7. The van der Waals surface area contributed by atoms with E-state index in [0.717, 1.165) is 48.9 Å². The minimum Gasteiger partial charge on any atom is -0.380 e. The summed E-state index contributed by atoms with van der Waals surface area (Å²) in [7, 11) is 11.0. The van der Waals surface area contributed by atoms with Gasteiger partial charge in [0.1, 0.15) is 5.82 Å². The van der Waals surface area contributed by atoms with Crippen molar-refractivity contribution in [1.82, 2.24) is 29.5 Å². The van der Waals surface area contributed by atoms with Gasteiger partial charge in [0.15, 0.2) is 11.5 Å². The summed E-state index contributed by atoms with van der Waals surface area (Å²) in [5, 5.41) is 8.39. The second kappa shape index (κ2) is 11.3. The number of aryl methyl sites for hydroxylation is 1. The van der Waals surface area contributed by atoms with Crippen molar-refractivity contribution in [2.75, 3.05) is 49.7 Å². The molecule has 0 bridgehead atoms. The van der Waals surface area contributed by atoms with Gasteiger partial charge in [-0.25, -0.2) is 14.5 Å². The Morgan fingerprint density at radius 2 is 1.92 bits per heavy atom. The number of imidazole rings is 1. The van der Waals surface area contributed by atoms with Gasteiger partial charge in [0.2, 0.25) is 5.95 Å². The fourth-order valence-corrected chi connectivity index (χ4v) is 5.40. The number of anilines is 3. The van der Waals surface area contributed by atoms with Crippen LogP contribution in [0.15, 0.2) is 18.5 Å². The molecule has 0 amide bonds. The smallest absolute Gasteiger partial charge is 0.243 e. The topological polar surface area (TPSA) is 100 Å². The Morgan fingerprint density at radius 3 is 2.54 bits per heavy atom. The van der Waals surface area contributed by atoms with Crippen molar-refractivity contribution in [2.45, 2.75) is 57.1 Å². The van der Waals surface area contributed by atoms with Gasteiger partial charge >= 0.3 is 0 Å². The highest BCUT2D eigenvalue weighted by molar-refractivity contribution is 6.59. The summed E-state index contributed by atoms with van der Waals surface area (Å²) in [5.41, 5.74) is 10.2. The van der Waals surface area contributed by atoms with E-state index in [9.17, 15) is 0 Å². The largest absolute Gasteiger partial charge is 0.380 e. The Morgan fingerprint density at radius 1 is 1.19 bits per heavy atom. The second-order valence-electron chi connectivity index (χ2n) is 12.0. The lowest BCUT2D eigenvalue weighted by Gasteiger charge is -2.34. The highest BCUT2D eigenvalue weighted by atomic mass is 15.3. The predicted molar refractivity (Wildman–Crippen MR) is 161 cm³/mol. The lowest BCUT2D eigenvalue weighted by molar-refractivity contribution is 0.284. The predicted octanol–water partition coefficient (Wildman–Crippen LogP) is 0.332. The van der Waals surface area contributed by atoms with Crippen molar-refractivity contribution in [3.8, 4) is 0 Å². The van der Waals surface area contributed by atoms with Gasteiger partial charge in [-0.2, -0.15) is 4.98 Å². The van der Waals surface area contributed by atoms with Gasteiger partial charge in [0, 0.05) is 38.3 Å². The third-order valence-electron chi connectivity index (χ3n) is 7.41. The average molecular weight is 501 g/mol. The van der Waals surface area contributed by atoms with Crippen molar-refractivity contribution in [3.63, 3.8) is 0 Å². The molecule has 37 heavy (non-hydrogen) atoms. The van der Waals surface area contributed by atoms with E-state index >= 15 is 0 Å². The van der Waals surface area contributed by atoms with Crippen LogP contribution in [0.5, 0.6) is 0 Å². The molecule has 3 aromatic heterocycles. The summed E-state index contributed by atoms with van der Waals surface area (Å²) in [6.45, 7) is 7.66. The zero-order valence-electron chi connectivity index (χ0n) is 23.8. The Bertz CT molecular complexity index is 1200. The van der Waals surface area contributed by atoms with Crippen molar-refractivity contribution >= 4 is 46.8 Å². The van der Waals surface area contributed by atoms with Crippen LogP contribution in [0.4, 0.5) is 17.6 Å². The van der Waals surface area contributed by atoms with E-state index in [1.807, 2.05) is 16.9 Å². The summed E-state index contributed by atoms with van der Waals surface area (Å²) in [6.07, 6.45) is 9.06. The molecule has 1 aliphatic rings. The van der Waals surface area contributed by atoms with Crippen LogP contribution < -0.4 is 16.0 Å². The van der Waals surface area contributed by atoms with E-state index in [0.29, 0.717) is 23.8 Å². The fraction of sp³-hybridized carbons (Fsp3) is 0.600. The van der Waals surface area contributed by atoms with Crippen LogP contribution in [0.1, 0.15) is 49.4 Å². The van der Waals surface area contributed by atoms with E-state index in [4.69, 9.17) is 15.8 Å². The molecule has 3 N–H and O–H groups in total. The number of aromatic nitrogens is 5. The molecule has 0 radical (unpaired) electrons. The first kappa shape index (κ1) is 27.3. The molecule has 3 aromatic rings. The van der Waals surface area contributed by atoms with Gasteiger partial charge in [-0.15, -0.1) is 5.10 Å². The molecule has 1 fully saturated rings. The van der Waals surface area contributed by atoms with Crippen molar-refractivity contribution < 1.29 is 0 Å². The number of nitrogens with zero attached hydrogens (tertiary/aromatic N) is 7. The Balaban J connectivity index is 1.51. The molecular weight excluding hydrogens is 459 g/mol. The number of nitrogens with two attached hydrogens (primary N) is 1. The Kier molecular flexibility index (Phi) is 8.36. The number of hydrogen-bond acceptors (Lipinski definition) is 8. The highest BCUT2D eigenvalue weighted by Crippen LogP contribution is 2.27. The fourth-order valence-electron chi connectivity index (χ4n) is 5.40. The lowest BCUT2D eigenvalue weighted by atomic mass is 9.39. The van der Waals surface area contributed by atoms with E-state index < -0.39 is 0 Å². The molecule has 1 saturated heterocycles. The number of pyridine rings is 1. The number of hydrogen-bond donors (Lipinski definition) is 2. The van der Waals surface area contributed by atoms with E-state index in [1.54, 1.807) is 0 Å². The van der Waals surface area contributed by atoms with Gasteiger partial charge in [-0.1, -0.05) is 24.5 Å². The standard InChI is InChI=1S/C25H42B3N9/c1-5-6-20(25(26,27)28)32-24-33-21(29)23-31-14-19(37(23)34-24)12-18-11-16(2)22(30-13-18)36-9-7-17(8-10-36)15-35(3)4/h11,13-14,17,20H,5-10,12,15,26-28H2,1-4H3,(H3,29,32,33,34). The third-order valence-corrected chi connectivity index (χ3v) is 7.41. The van der Waals surface area contributed by atoms with Gasteiger partial charge in [-0.05, 0) is 57.3 Å². The maximum Gasteiger partial charge on any atom is 0.243 e. The van der Waals surface area contributed by atoms with E-state index in [1.165, 1.54) is 24.9 Å².